The first-order valence-corrected chi connectivity index (χ1v) is 19.2. The lowest BCUT2D eigenvalue weighted by Gasteiger charge is -2.28. The second-order valence-electron chi connectivity index (χ2n) is 13.2. The van der Waals surface area contributed by atoms with Crippen molar-refractivity contribution in [1.29, 1.82) is 0 Å². The molecule has 290 valence electrons. The zero-order valence-electron chi connectivity index (χ0n) is 30.9. The third-order valence-corrected chi connectivity index (χ3v) is 11.7. The van der Waals surface area contributed by atoms with E-state index in [0.717, 1.165) is 21.5 Å². The van der Waals surface area contributed by atoms with Gasteiger partial charge in [-0.2, -0.15) is 17.5 Å². The maximum absolute atomic E-state index is 15.5. The Labute approximate surface area is 322 Å². The van der Waals surface area contributed by atoms with E-state index in [0.29, 0.717) is 59.0 Å². The predicted octanol–water partition coefficient (Wildman–Crippen LogP) is 7.14. The summed E-state index contributed by atoms with van der Waals surface area (Å²) in [5.74, 6) is 1.55. The number of halogens is 3. The SMILES string of the molecule is COc1ccc(CN(Cc2ccc(OC)cc2)S(=O)(=O)c2c(C(F)(F)F)ccc(-c3cccc4c3CCNC4)c2-c2nnnn2Cc2ccc(OC)cc2)cc1. The summed E-state index contributed by atoms with van der Waals surface area (Å²) < 4.78 is 95.5. The van der Waals surface area contributed by atoms with E-state index in [1.54, 1.807) is 78.9 Å². The number of alkyl halides is 3. The zero-order valence-corrected chi connectivity index (χ0v) is 31.7. The summed E-state index contributed by atoms with van der Waals surface area (Å²) in [5.41, 5.74) is 2.90. The molecule has 1 aliphatic heterocycles. The molecule has 0 radical (unpaired) electrons. The van der Waals surface area contributed by atoms with E-state index >= 15 is 21.6 Å². The third-order valence-electron chi connectivity index (χ3n) is 9.77. The monoisotopic (exact) mass is 784 g/mol. The number of benzene rings is 5. The minimum Gasteiger partial charge on any atom is -0.497 e. The van der Waals surface area contributed by atoms with Gasteiger partial charge in [-0.3, -0.25) is 0 Å². The Morgan fingerprint density at radius 3 is 1.88 bits per heavy atom. The molecule has 1 N–H and O–H groups in total. The van der Waals surface area contributed by atoms with Crippen LogP contribution in [-0.4, -0.2) is 60.8 Å². The van der Waals surface area contributed by atoms with Crippen LogP contribution < -0.4 is 19.5 Å². The molecule has 0 spiro atoms. The van der Waals surface area contributed by atoms with E-state index in [-0.39, 0.29) is 36.6 Å². The van der Waals surface area contributed by atoms with Gasteiger partial charge in [-0.05, 0) is 105 Å². The van der Waals surface area contributed by atoms with Gasteiger partial charge in [0.1, 0.15) is 22.1 Å². The third kappa shape index (κ3) is 7.96. The highest BCUT2D eigenvalue weighted by Crippen LogP contribution is 2.46. The van der Waals surface area contributed by atoms with Crippen LogP contribution in [0.15, 0.2) is 108 Å². The van der Waals surface area contributed by atoms with Crippen molar-refractivity contribution in [2.45, 2.75) is 43.7 Å². The number of aromatic nitrogens is 4. The molecule has 6 aromatic rings. The molecule has 1 aliphatic rings. The lowest BCUT2D eigenvalue weighted by molar-refractivity contribution is -0.139. The van der Waals surface area contributed by atoms with Gasteiger partial charge >= 0.3 is 6.18 Å². The summed E-state index contributed by atoms with van der Waals surface area (Å²) in [6, 6.07) is 28.2. The summed E-state index contributed by atoms with van der Waals surface area (Å²) in [6.45, 7) is 0.694. The molecule has 0 bridgehead atoms. The molecular formula is C41H39F3N6O5S. The van der Waals surface area contributed by atoms with Crippen LogP contribution in [0.5, 0.6) is 17.2 Å². The fourth-order valence-electron chi connectivity index (χ4n) is 6.92. The van der Waals surface area contributed by atoms with Gasteiger partial charge in [0.2, 0.25) is 10.0 Å². The number of sulfonamides is 1. The van der Waals surface area contributed by atoms with E-state index in [1.807, 2.05) is 12.1 Å². The second kappa shape index (κ2) is 16.1. The van der Waals surface area contributed by atoms with E-state index in [1.165, 1.54) is 32.1 Å². The van der Waals surface area contributed by atoms with Gasteiger partial charge in [0.05, 0.1) is 33.4 Å². The molecule has 0 unspecified atom stereocenters. The Morgan fingerprint density at radius 2 is 1.32 bits per heavy atom. The minimum absolute atomic E-state index is 0.0275. The number of methoxy groups -OCH3 is 3. The van der Waals surface area contributed by atoms with Crippen LogP contribution in [0.4, 0.5) is 13.2 Å². The van der Waals surface area contributed by atoms with Gasteiger partial charge in [0.25, 0.3) is 0 Å². The Hall–Kier alpha value is -5.77. The van der Waals surface area contributed by atoms with Crippen molar-refractivity contribution >= 4 is 10.0 Å². The first-order chi connectivity index (χ1) is 27.0. The molecule has 1 aromatic heterocycles. The van der Waals surface area contributed by atoms with Crippen molar-refractivity contribution in [3.63, 3.8) is 0 Å². The second-order valence-corrected chi connectivity index (χ2v) is 15.1. The first-order valence-electron chi connectivity index (χ1n) is 17.7. The standard InChI is InChI=1S/C41H39F3N6O5S/c1-53-31-13-7-27(8-14-31)24-49(25-28-9-15-32(54-2)16-10-28)56(51,52)39-37(41(42,43)44)20-19-36(35-6-4-5-30-23-45-22-21-34(30)35)38(39)40-46-47-48-50(40)26-29-11-17-33(55-3)18-12-29/h4-20,45H,21-26H2,1-3H3. The van der Waals surface area contributed by atoms with Crippen molar-refractivity contribution in [3.8, 4) is 39.8 Å². The first kappa shape index (κ1) is 38.5. The van der Waals surface area contributed by atoms with Gasteiger partial charge in [-0.15, -0.1) is 5.10 Å². The molecule has 0 amide bonds. The van der Waals surface area contributed by atoms with Crippen LogP contribution in [0.25, 0.3) is 22.5 Å². The number of hydrogen-bond donors (Lipinski definition) is 1. The molecule has 0 saturated carbocycles. The molecule has 0 atom stereocenters. The summed E-state index contributed by atoms with van der Waals surface area (Å²) >= 11 is 0. The number of tetrazole rings is 1. The van der Waals surface area contributed by atoms with E-state index < -0.39 is 26.7 Å². The van der Waals surface area contributed by atoms with Gasteiger partial charge in [-0.25, -0.2) is 13.1 Å². The largest absolute Gasteiger partial charge is 0.497 e. The number of ether oxygens (including phenoxy) is 3. The van der Waals surface area contributed by atoms with Crippen LogP contribution in [0.3, 0.4) is 0 Å². The number of nitrogens with one attached hydrogen (secondary N) is 1. The van der Waals surface area contributed by atoms with Crippen molar-refractivity contribution in [2.75, 3.05) is 27.9 Å². The number of nitrogens with zero attached hydrogens (tertiary/aromatic N) is 5. The Balaban J connectivity index is 1.49. The topological polar surface area (TPSA) is 121 Å². The highest BCUT2D eigenvalue weighted by Gasteiger charge is 2.43. The molecule has 56 heavy (non-hydrogen) atoms. The molecule has 5 aromatic carbocycles. The average molecular weight is 785 g/mol. The van der Waals surface area contributed by atoms with Crippen LogP contribution >= 0.6 is 0 Å². The fourth-order valence-corrected chi connectivity index (χ4v) is 8.74. The molecule has 15 heteroatoms. The van der Waals surface area contributed by atoms with Crippen molar-refractivity contribution in [1.82, 2.24) is 29.8 Å². The number of hydrogen-bond acceptors (Lipinski definition) is 9. The van der Waals surface area contributed by atoms with E-state index in [4.69, 9.17) is 14.2 Å². The average Bonchev–Trinajstić information content (AvgIpc) is 3.67. The Bertz CT molecular complexity index is 2370. The van der Waals surface area contributed by atoms with Crippen molar-refractivity contribution in [3.05, 3.63) is 137 Å². The van der Waals surface area contributed by atoms with Gasteiger partial charge in [0.15, 0.2) is 5.82 Å². The summed E-state index contributed by atoms with van der Waals surface area (Å²) in [7, 11) is -0.488. The van der Waals surface area contributed by atoms with Crippen molar-refractivity contribution < 1.29 is 35.8 Å². The maximum Gasteiger partial charge on any atom is 0.417 e. The van der Waals surface area contributed by atoms with Crippen LogP contribution in [-0.2, 0) is 48.8 Å². The van der Waals surface area contributed by atoms with Crippen LogP contribution in [0.1, 0.15) is 33.4 Å². The van der Waals surface area contributed by atoms with E-state index in [9.17, 15) is 0 Å². The summed E-state index contributed by atoms with van der Waals surface area (Å²) in [6.07, 6.45) is -4.51. The van der Waals surface area contributed by atoms with Crippen LogP contribution in [0, 0.1) is 0 Å². The Morgan fingerprint density at radius 1 is 0.750 bits per heavy atom. The van der Waals surface area contributed by atoms with E-state index in [2.05, 4.69) is 20.8 Å². The Kier molecular flexibility index (Phi) is 11.1. The maximum atomic E-state index is 15.5. The lowest BCUT2D eigenvalue weighted by atomic mass is 9.88. The van der Waals surface area contributed by atoms with Gasteiger partial charge in [-0.1, -0.05) is 60.7 Å². The van der Waals surface area contributed by atoms with Gasteiger partial charge < -0.3 is 19.5 Å². The summed E-state index contributed by atoms with van der Waals surface area (Å²) in [5, 5.41) is 15.7. The molecule has 0 saturated heterocycles. The van der Waals surface area contributed by atoms with Gasteiger partial charge in [0, 0.05) is 25.2 Å². The normalized spacial score (nSPS) is 13.1. The molecule has 0 aliphatic carbocycles. The molecule has 11 nitrogen and oxygen atoms in total. The quantitative estimate of drug-likeness (QED) is 0.130. The zero-order chi connectivity index (χ0) is 39.5. The molecular weight excluding hydrogens is 746 g/mol. The minimum atomic E-state index is -5.09. The van der Waals surface area contributed by atoms with Crippen molar-refractivity contribution in [2.24, 2.45) is 0 Å². The molecule has 0 fully saturated rings. The highest BCUT2D eigenvalue weighted by atomic mass is 32.2. The predicted molar refractivity (Wildman–Crippen MR) is 204 cm³/mol. The number of fused-ring (bicyclic) bond motifs is 1. The van der Waals surface area contributed by atoms with Crippen LogP contribution in [0.2, 0.25) is 0 Å². The fraction of sp³-hybridized carbons (Fsp3) is 0.244. The lowest BCUT2D eigenvalue weighted by Crippen LogP contribution is -2.33. The number of rotatable bonds is 13. The summed E-state index contributed by atoms with van der Waals surface area (Å²) in [4.78, 5) is -0.943. The smallest absolute Gasteiger partial charge is 0.417 e. The molecule has 2 heterocycles. The highest BCUT2D eigenvalue weighted by molar-refractivity contribution is 7.89. The molecule has 7 rings (SSSR count).